The SMILES string of the molecule is CCC(CC)(CC(=O)O)NC(=O)c1sc(C)nc1C. The van der Waals surface area contributed by atoms with E-state index in [-0.39, 0.29) is 12.3 Å². The lowest BCUT2D eigenvalue weighted by molar-refractivity contribution is -0.138. The predicted octanol–water partition coefficient (Wildman–Crippen LogP) is 2.52. The van der Waals surface area contributed by atoms with Gasteiger partial charge in [-0.3, -0.25) is 9.59 Å². The minimum Gasteiger partial charge on any atom is -0.481 e. The number of nitrogens with zero attached hydrogens (tertiary/aromatic N) is 1. The third-order valence-electron chi connectivity index (χ3n) is 3.33. The topological polar surface area (TPSA) is 79.3 Å². The molecule has 0 aromatic carbocycles. The molecule has 0 aliphatic heterocycles. The highest BCUT2D eigenvalue weighted by Gasteiger charge is 2.32. The van der Waals surface area contributed by atoms with Crippen LogP contribution < -0.4 is 5.32 Å². The number of carboxylic acids is 1. The highest BCUT2D eigenvalue weighted by atomic mass is 32.1. The Labute approximate surface area is 117 Å². The van der Waals surface area contributed by atoms with Crippen molar-refractivity contribution >= 4 is 23.2 Å². The number of carbonyl (C=O) groups excluding carboxylic acids is 1. The van der Waals surface area contributed by atoms with Gasteiger partial charge in [0.2, 0.25) is 0 Å². The van der Waals surface area contributed by atoms with E-state index in [1.165, 1.54) is 11.3 Å². The number of aryl methyl sites for hydroxylation is 2. The van der Waals surface area contributed by atoms with Crippen LogP contribution in [0.25, 0.3) is 0 Å². The summed E-state index contributed by atoms with van der Waals surface area (Å²) in [6.07, 6.45) is 1.10. The lowest BCUT2D eigenvalue weighted by Gasteiger charge is -2.31. The van der Waals surface area contributed by atoms with Gasteiger partial charge in [-0.1, -0.05) is 13.8 Å². The van der Waals surface area contributed by atoms with Crippen LogP contribution in [-0.2, 0) is 4.79 Å². The summed E-state index contributed by atoms with van der Waals surface area (Å²) in [5.41, 5.74) is 0.00389. The van der Waals surface area contributed by atoms with Crippen LogP contribution in [0.3, 0.4) is 0 Å². The van der Waals surface area contributed by atoms with Gasteiger partial charge in [-0.05, 0) is 26.7 Å². The normalized spacial score (nSPS) is 11.4. The van der Waals surface area contributed by atoms with E-state index in [1.54, 1.807) is 6.92 Å². The van der Waals surface area contributed by atoms with Crippen molar-refractivity contribution in [1.29, 1.82) is 0 Å². The number of amides is 1. The van der Waals surface area contributed by atoms with Crippen LogP contribution in [0.1, 0.15) is 53.5 Å². The fourth-order valence-corrected chi connectivity index (χ4v) is 2.87. The summed E-state index contributed by atoms with van der Waals surface area (Å²) in [5.74, 6) is -1.13. The minimum absolute atomic E-state index is 0.0669. The van der Waals surface area contributed by atoms with Gasteiger partial charge in [0.15, 0.2) is 0 Å². The predicted molar refractivity (Wildman–Crippen MR) is 74.6 cm³/mol. The van der Waals surface area contributed by atoms with E-state index in [1.807, 2.05) is 20.8 Å². The second kappa shape index (κ2) is 6.14. The summed E-state index contributed by atoms with van der Waals surface area (Å²) in [5, 5.41) is 12.7. The molecule has 0 fully saturated rings. The van der Waals surface area contributed by atoms with E-state index in [2.05, 4.69) is 10.3 Å². The Bertz CT molecular complexity index is 478. The lowest BCUT2D eigenvalue weighted by atomic mass is 9.89. The van der Waals surface area contributed by atoms with Crippen LogP contribution in [0.5, 0.6) is 0 Å². The number of carboxylic acid groups (broad SMARTS) is 1. The Morgan fingerprint density at radius 3 is 2.26 bits per heavy atom. The summed E-state index contributed by atoms with van der Waals surface area (Å²) in [4.78, 5) is 28.0. The Morgan fingerprint density at radius 2 is 1.89 bits per heavy atom. The molecule has 6 heteroatoms. The molecule has 106 valence electrons. The summed E-state index contributed by atoms with van der Waals surface area (Å²) in [7, 11) is 0. The molecule has 2 N–H and O–H groups in total. The van der Waals surface area contributed by atoms with E-state index in [9.17, 15) is 9.59 Å². The van der Waals surface area contributed by atoms with Gasteiger partial charge >= 0.3 is 5.97 Å². The van der Waals surface area contributed by atoms with Crippen molar-refractivity contribution in [3.63, 3.8) is 0 Å². The molecule has 5 nitrogen and oxygen atoms in total. The van der Waals surface area contributed by atoms with E-state index < -0.39 is 11.5 Å². The molecule has 0 aliphatic carbocycles. The van der Waals surface area contributed by atoms with E-state index in [0.29, 0.717) is 23.4 Å². The number of hydrogen-bond donors (Lipinski definition) is 2. The number of rotatable bonds is 6. The van der Waals surface area contributed by atoms with Gasteiger partial charge in [-0.2, -0.15) is 0 Å². The Kier molecular flexibility index (Phi) is 5.05. The van der Waals surface area contributed by atoms with Gasteiger partial charge in [-0.25, -0.2) is 4.98 Å². The number of hydrogen-bond acceptors (Lipinski definition) is 4. The fourth-order valence-electron chi connectivity index (χ4n) is 2.05. The zero-order valence-corrected chi connectivity index (χ0v) is 12.6. The Hall–Kier alpha value is -1.43. The number of carbonyl (C=O) groups is 2. The zero-order chi connectivity index (χ0) is 14.6. The number of nitrogens with one attached hydrogen (secondary N) is 1. The van der Waals surface area contributed by atoms with Crippen LogP contribution in [0.4, 0.5) is 0 Å². The summed E-state index contributed by atoms with van der Waals surface area (Å²) in [6, 6.07) is 0. The summed E-state index contributed by atoms with van der Waals surface area (Å²) < 4.78 is 0. The molecule has 1 rings (SSSR count). The van der Waals surface area contributed by atoms with E-state index in [4.69, 9.17) is 5.11 Å². The quantitative estimate of drug-likeness (QED) is 0.841. The summed E-state index contributed by atoms with van der Waals surface area (Å²) in [6.45, 7) is 7.41. The van der Waals surface area contributed by atoms with Crippen LogP contribution in [0, 0.1) is 13.8 Å². The van der Waals surface area contributed by atoms with Crippen molar-refractivity contribution in [3.05, 3.63) is 15.6 Å². The molecular formula is C13H20N2O3S. The molecule has 0 bridgehead atoms. The highest BCUT2D eigenvalue weighted by Crippen LogP contribution is 2.23. The van der Waals surface area contributed by atoms with Gasteiger partial charge in [0.1, 0.15) is 4.88 Å². The average Bonchev–Trinajstić information content (AvgIpc) is 2.67. The molecule has 0 radical (unpaired) electrons. The molecular weight excluding hydrogens is 264 g/mol. The maximum absolute atomic E-state index is 12.3. The molecule has 0 aliphatic rings. The number of thiazole rings is 1. The van der Waals surface area contributed by atoms with Crippen molar-refractivity contribution in [2.45, 2.75) is 52.5 Å². The van der Waals surface area contributed by atoms with Crippen molar-refractivity contribution in [3.8, 4) is 0 Å². The first kappa shape index (κ1) is 15.6. The van der Waals surface area contributed by atoms with Crippen LogP contribution in [-0.4, -0.2) is 27.5 Å². The van der Waals surface area contributed by atoms with Crippen LogP contribution in [0.2, 0.25) is 0 Å². The van der Waals surface area contributed by atoms with Gasteiger partial charge in [0.05, 0.1) is 22.7 Å². The first-order valence-corrected chi connectivity index (χ1v) is 7.13. The minimum atomic E-state index is -0.902. The zero-order valence-electron chi connectivity index (χ0n) is 11.7. The van der Waals surface area contributed by atoms with Crippen molar-refractivity contribution in [2.24, 2.45) is 0 Å². The third kappa shape index (κ3) is 3.76. The van der Waals surface area contributed by atoms with Crippen molar-refractivity contribution in [1.82, 2.24) is 10.3 Å². The largest absolute Gasteiger partial charge is 0.481 e. The molecule has 1 aromatic rings. The second-order valence-corrected chi connectivity index (χ2v) is 5.86. The fraction of sp³-hybridized carbons (Fsp3) is 0.615. The standard InChI is InChI=1S/C13H20N2O3S/c1-5-13(6-2,7-10(16)17)15-12(18)11-8(3)14-9(4)19-11/h5-7H2,1-4H3,(H,15,18)(H,16,17). The number of aliphatic carboxylic acids is 1. The van der Waals surface area contributed by atoms with Gasteiger partial charge in [0, 0.05) is 0 Å². The number of aromatic nitrogens is 1. The van der Waals surface area contributed by atoms with E-state index >= 15 is 0 Å². The van der Waals surface area contributed by atoms with E-state index in [0.717, 1.165) is 5.01 Å². The van der Waals surface area contributed by atoms with Gasteiger partial charge in [0.25, 0.3) is 5.91 Å². The van der Waals surface area contributed by atoms with Crippen LogP contribution >= 0.6 is 11.3 Å². The molecule has 1 heterocycles. The smallest absolute Gasteiger partial charge is 0.305 e. The average molecular weight is 284 g/mol. The van der Waals surface area contributed by atoms with Gasteiger partial charge in [-0.15, -0.1) is 11.3 Å². The molecule has 1 aromatic heterocycles. The Balaban J connectivity index is 2.93. The van der Waals surface area contributed by atoms with Crippen molar-refractivity contribution in [2.75, 3.05) is 0 Å². The molecule has 0 spiro atoms. The maximum atomic E-state index is 12.3. The lowest BCUT2D eigenvalue weighted by Crippen LogP contribution is -2.49. The maximum Gasteiger partial charge on any atom is 0.305 e. The van der Waals surface area contributed by atoms with Gasteiger partial charge < -0.3 is 10.4 Å². The third-order valence-corrected chi connectivity index (χ3v) is 4.40. The molecule has 1 amide bonds. The molecule has 0 saturated heterocycles. The highest BCUT2D eigenvalue weighted by molar-refractivity contribution is 7.13. The van der Waals surface area contributed by atoms with Crippen LogP contribution in [0.15, 0.2) is 0 Å². The second-order valence-electron chi connectivity index (χ2n) is 4.66. The molecule has 0 saturated carbocycles. The molecule has 0 unspecified atom stereocenters. The summed E-state index contributed by atoms with van der Waals surface area (Å²) >= 11 is 1.33. The Morgan fingerprint density at radius 1 is 1.32 bits per heavy atom. The molecule has 0 atom stereocenters. The first-order valence-electron chi connectivity index (χ1n) is 6.32. The monoisotopic (exact) mass is 284 g/mol. The van der Waals surface area contributed by atoms with Crippen molar-refractivity contribution < 1.29 is 14.7 Å². The first-order chi connectivity index (χ1) is 8.83. The molecule has 19 heavy (non-hydrogen) atoms.